The minimum absolute atomic E-state index is 0.0262. The lowest BCUT2D eigenvalue weighted by molar-refractivity contribution is -0.139. The van der Waals surface area contributed by atoms with Crippen LogP contribution < -0.4 is 9.47 Å². The van der Waals surface area contributed by atoms with E-state index >= 15 is 0 Å². The lowest BCUT2D eigenvalue weighted by Crippen LogP contribution is -2.42. The molecule has 142 valence electrons. The van der Waals surface area contributed by atoms with Crippen LogP contribution in [0.4, 0.5) is 0 Å². The van der Waals surface area contributed by atoms with Crippen LogP contribution >= 0.6 is 0 Å². The van der Waals surface area contributed by atoms with Crippen molar-refractivity contribution in [2.24, 2.45) is 0 Å². The van der Waals surface area contributed by atoms with Gasteiger partial charge in [-0.15, -0.1) is 0 Å². The highest BCUT2D eigenvalue weighted by atomic mass is 16.6. The second kappa shape index (κ2) is 8.44. The molecule has 2 aromatic rings. The van der Waals surface area contributed by atoms with Crippen LogP contribution in [0.15, 0.2) is 48.5 Å². The van der Waals surface area contributed by atoms with Crippen molar-refractivity contribution >= 4 is 5.91 Å². The normalized spacial score (nSPS) is 19.0. The molecule has 1 saturated heterocycles. The molecular formula is C22H25NO4. The Hall–Kier alpha value is -2.53. The van der Waals surface area contributed by atoms with Gasteiger partial charge in [-0.3, -0.25) is 4.79 Å². The largest absolute Gasteiger partial charge is 0.486 e. The molecule has 2 aliphatic heterocycles. The first-order valence-corrected chi connectivity index (χ1v) is 9.62. The number of carbonyl (C=O) groups is 1. The van der Waals surface area contributed by atoms with Gasteiger partial charge in [-0.05, 0) is 36.1 Å². The minimum Gasteiger partial charge on any atom is -0.486 e. The van der Waals surface area contributed by atoms with Gasteiger partial charge in [-0.1, -0.05) is 36.4 Å². The smallest absolute Gasteiger partial charge is 0.222 e. The first-order chi connectivity index (χ1) is 13.3. The lowest BCUT2D eigenvalue weighted by Gasteiger charge is -2.33. The Morgan fingerprint density at radius 3 is 2.67 bits per heavy atom. The number of fused-ring (bicyclic) bond motifs is 1. The molecule has 2 aromatic carbocycles. The van der Waals surface area contributed by atoms with Crippen LogP contribution in [0, 0.1) is 0 Å². The topological polar surface area (TPSA) is 48.0 Å². The van der Waals surface area contributed by atoms with E-state index in [1.165, 1.54) is 5.56 Å². The number of amides is 1. The Kier molecular flexibility index (Phi) is 5.58. The van der Waals surface area contributed by atoms with Gasteiger partial charge in [-0.25, -0.2) is 0 Å². The molecule has 27 heavy (non-hydrogen) atoms. The number of morpholine rings is 1. The second-order valence-corrected chi connectivity index (χ2v) is 6.94. The number of carbonyl (C=O) groups excluding carboxylic acids is 1. The van der Waals surface area contributed by atoms with Gasteiger partial charge in [0.15, 0.2) is 11.5 Å². The fourth-order valence-electron chi connectivity index (χ4n) is 3.59. The van der Waals surface area contributed by atoms with Crippen LogP contribution in [-0.2, 0) is 16.0 Å². The number of nitrogens with zero attached hydrogens (tertiary/aromatic N) is 1. The van der Waals surface area contributed by atoms with Crippen LogP contribution in [0.25, 0.3) is 0 Å². The number of rotatable bonds is 5. The second-order valence-electron chi connectivity index (χ2n) is 6.94. The van der Waals surface area contributed by atoms with Crippen LogP contribution in [0.1, 0.15) is 30.1 Å². The molecule has 1 unspecified atom stereocenters. The van der Waals surface area contributed by atoms with Crippen molar-refractivity contribution in [2.75, 3.05) is 32.9 Å². The molecule has 0 aliphatic carbocycles. The summed E-state index contributed by atoms with van der Waals surface area (Å²) in [6, 6.07) is 16.2. The van der Waals surface area contributed by atoms with Gasteiger partial charge in [0.25, 0.3) is 0 Å². The highest BCUT2D eigenvalue weighted by Gasteiger charge is 2.24. The SMILES string of the molecule is O=C(CCCc1ccc2c(c1)OCCO2)N1CCOC(c2ccccc2)C1. The summed E-state index contributed by atoms with van der Waals surface area (Å²) in [6.07, 6.45) is 2.21. The summed E-state index contributed by atoms with van der Waals surface area (Å²) >= 11 is 0. The maximum atomic E-state index is 12.6. The first-order valence-electron chi connectivity index (χ1n) is 9.62. The zero-order valence-corrected chi connectivity index (χ0v) is 15.4. The summed E-state index contributed by atoms with van der Waals surface area (Å²) in [7, 11) is 0. The Morgan fingerprint density at radius 2 is 1.81 bits per heavy atom. The van der Waals surface area contributed by atoms with E-state index in [-0.39, 0.29) is 12.0 Å². The van der Waals surface area contributed by atoms with Crippen LogP contribution in [0.2, 0.25) is 0 Å². The van der Waals surface area contributed by atoms with Gasteiger partial charge in [0, 0.05) is 13.0 Å². The highest BCUT2D eigenvalue weighted by Crippen LogP contribution is 2.31. The quantitative estimate of drug-likeness (QED) is 0.813. The molecule has 0 bridgehead atoms. The molecule has 5 heteroatoms. The average molecular weight is 367 g/mol. The van der Waals surface area contributed by atoms with E-state index in [1.54, 1.807) is 0 Å². The third-order valence-corrected chi connectivity index (χ3v) is 5.05. The summed E-state index contributed by atoms with van der Waals surface area (Å²) in [5.41, 5.74) is 2.31. The lowest BCUT2D eigenvalue weighted by atomic mass is 10.1. The van der Waals surface area contributed by atoms with Gasteiger partial charge < -0.3 is 19.1 Å². The maximum Gasteiger partial charge on any atom is 0.222 e. The number of aryl methyl sites for hydroxylation is 1. The van der Waals surface area contributed by atoms with Crippen molar-refractivity contribution in [1.82, 2.24) is 4.90 Å². The van der Waals surface area contributed by atoms with Crippen LogP contribution in [0.3, 0.4) is 0 Å². The summed E-state index contributed by atoms with van der Waals surface area (Å²) < 4.78 is 17.0. The van der Waals surface area contributed by atoms with E-state index < -0.39 is 0 Å². The number of hydrogen-bond acceptors (Lipinski definition) is 4. The van der Waals surface area contributed by atoms with Gasteiger partial charge >= 0.3 is 0 Å². The van der Waals surface area contributed by atoms with Gasteiger partial charge in [-0.2, -0.15) is 0 Å². The molecule has 4 rings (SSSR count). The number of ether oxygens (including phenoxy) is 3. The zero-order chi connectivity index (χ0) is 18.5. The zero-order valence-electron chi connectivity index (χ0n) is 15.4. The molecule has 2 heterocycles. The fraction of sp³-hybridized carbons (Fsp3) is 0.409. The van der Waals surface area contributed by atoms with Crippen molar-refractivity contribution < 1.29 is 19.0 Å². The van der Waals surface area contributed by atoms with Gasteiger partial charge in [0.1, 0.15) is 19.3 Å². The molecule has 5 nitrogen and oxygen atoms in total. The standard InChI is InChI=1S/C22H25NO4/c24-22(23-11-12-25-21(16-23)18-6-2-1-3-7-18)8-4-5-17-9-10-19-20(15-17)27-14-13-26-19/h1-3,6-7,9-10,15,21H,4-5,8,11-14,16H2. The van der Waals surface area contributed by atoms with E-state index in [2.05, 4.69) is 18.2 Å². The summed E-state index contributed by atoms with van der Waals surface area (Å²) in [6.45, 7) is 3.09. The van der Waals surface area contributed by atoms with Crippen LogP contribution in [-0.4, -0.2) is 43.7 Å². The molecule has 0 saturated carbocycles. The Balaban J connectivity index is 1.28. The third kappa shape index (κ3) is 4.42. The van der Waals surface area contributed by atoms with Crippen molar-refractivity contribution in [1.29, 1.82) is 0 Å². The Bertz CT molecular complexity index is 777. The van der Waals surface area contributed by atoms with Gasteiger partial charge in [0.05, 0.1) is 13.2 Å². The predicted molar refractivity (Wildman–Crippen MR) is 102 cm³/mol. The average Bonchev–Trinajstić information content (AvgIpc) is 2.74. The van der Waals surface area contributed by atoms with Gasteiger partial charge in [0.2, 0.25) is 5.91 Å². The molecule has 0 radical (unpaired) electrons. The molecule has 1 atom stereocenters. The van der Waals surface area contributed by atoms with Crippen molar-refractivity contribution in [3.63, 3.8) is 0 Å². The predicted octanol–water partition coefficient (Wildman–Crippen LogP) is 3.38. The maximum absolute atomic E-state index is 12.6. The van der Waals surface area contributed by atoms with Crippen molar-refractivity contribution in [3.05, 3.63) is 59.7 Å². The monoisotopic (exact) mass is 367 g/mol. The molecule has 0 aromatic heterocycles. The minimum atomic E-state index is -0.0262. The summed E-state index contributed by atoms with van der Waals surface area (Å²) in [5, 5.41) is 0. The Labute approximate surface area is 159 Å². The number of benzene rings is 2. The Morgan fingerprint density at radius 1 is 1.00 bits per heavy atom. The molecule has 1 fully saturated rings. The van der Waals surface area contributed by atoms with E-state index in [9.17, 15) is 4.79 Å². The first kappa shape index (κ1) is 17.9. The number of hydrogen-bond donors (Lipinski definition) is 0. The molecule has 0 N–H and O–H groups in total. The fourth-order valence-corrected chi connectivity index (χ4v) is 3.59. The van der Waals surface area contributed by atoms with E-state index in [0.717, 1.165) is 29.9 Å². The van der Waals surface area contributed by atoms with E-state index in [0.29, 0.717) is 39.3 Å². The highest BCUT2D eigenvalue weighted by molar-refractivity contribution is 5.76. The molecule has 2 aliphatic rings. The summed E-state index contributed by atoms with van der Waals surface area (Å²) in [5.74, 6) is 1.82. The molecule has 0 spiro atoms. The van der Waals surface area contributed by atoms with Crippen LogP contribution in [0.5, 0.6) is 11.5 Å². The molecule has 1 amide bonds. The van der Waals surface area contributed by atoms with Crippen molar-refractivity contribution in [3.8, 4) is 11.5 Å². The van der Waals surface area contributed by atoms with Crippen molar-refractivity contribution in [2.45, 2.75) is 25.4 Å². The summed E-state index contributed by atoms with van der Waals surface area (Å²) in [4.78, 5) is 14.6. The van der Waals surface area contributed by atoms with E-state index in [1.807, 2.05) is 35.2 Å². The molecular weight excluding hydrogens is 342 g/mol. The van der Waals surface area contributed by atoms with E-state index in [4.69, 9.17) is 14.2 Å². The third-order valence-electron chi connectivity index (χ3n) is 5.05.